The minimum absolute atomic E-state index is 0.0258. The number of benzene rings is 1. The summed E-state index contributed by atoms with van der Waals surface area (Å²) in [5, 5.41) is 5.57. The number of para-hydroxylation sites is 1. The molecule has 2 aromatic rings. The number of aryl methyl sites for hydroxylation is 1. The molecule has 1 heterocycles. The molecule has 104 valence electrons. The molecule has 1 unspecified atom stereocenters. The van der Waals surface area contributed by atoms with E-state index in [0.717, 1.165) is 23.1 Å². The molecule has 0 radical (unpaired) electrons. The number of rotatable bonds is 5. The fraction of sp³-hybridized carbons (Fsp3) is 0.533. The van der Waals surface area contributed by atoms with Crippen molar-refractivity contribution in [2.75, 3.05) is 6.54 Å². The Morgan fingerprint density at radius 3 is 2.63 bits per heavy atom. The van der Waals surface area contributed by atoms with Crippen LogP contribution in [-0.2, 0) is 13.0 Å². The van der Waals surface area contributed by atoms with Crippen LogP contribution in [0.3, 0.4) is 0 Å². The highest BCUT2D eigenvalue weighted by atomic mass is 19.1. The van der Waals surface area contributed by atoms with Gasteiger partial charge in [-0.1, -0.05) is 32.0 Å². The third-order valence-corrected chi connectivity index (χ3v) is 3.87. The van der Waals surface area contributed by atoms with Gasteiger partial charge < -0.3 is 5.73 Å². The van der Waals surface area contributed by atoms with E-state index < -0.39 is 5.67 Å². The van der Waals surface area contributed by atoms with Gasteiger partial charge in [0.25, 0.3) is 0 Å². The average molecular weight is 263 g/mol. The number of fused-ring (bicyclic) bond motifs is 1. The van der Waals surface area contributed by atoms with E-state index in [1.165, 1.54) is 0 Å². The van der Waals surface area contributed by atoms with Gasteiger partial charge in [-0.25, -0.2) is 4.39 Å². The second kappa shape index (κ2) is 5.29. The predicted octanol–water partition coefficient (Wildman–Crippen LogP) is 2.92. The molecule has 0 saturated carbocycles. The van der Waals surface area contributed by atoms with Crippen LogP contribution in [0, 0.1) is 5.92 Å². The van der Waals surface area contributed by atoms with Gasteiger partial charge in [0.15, 0.2) is 0 Å². The molecule has 0 fully saturated rings. The highest BCUT2D eigenvalue weighted by Gasteiger charge is 2.34. The van der Waals surface area contributed by atoms with Crippen molar-refractivity contribution in [1.82, 2.24) is 9.78 Å². The molecular weight excluding hydrogens is 241 g/mol. The summed E-state index contributed by atoms with van der Waals surface area (Å²) in [5.74, 6) is -0.122. The van der Waals surface area contributed by atoms with Crippen molar-refractivity contribution in [3.05, 3.63) is 30.0 Å². The second-order valence-electron chi connectivity index (χ2n) is 5.35. The van der Waals surface area contributed by atoms with Gasteiger partial charge in [-0.15, -0.1) is 0 Å². The van der Waals surface area contributed by atoms with E-state index in [1.54, 1.807) is 0 Å². The number of hydrogen-bond acceptors (Lipinski definition) is 2. The lowest BCUT2D eigenvalue weighted by Crippen LogP contribution is -2.40. The summed E-state index contributed by atoms with van der Waals surface area (Å²) >= 11 is 0. The van der Waals surface area contributed by atoms with E-state index in [4.69, 9.17) is 5.73 Å². The molecule has 0 aliphatic rings. The number of halogens is 1. The zero-order chi connectivity index (χ0) is 14.0. The fourth-order valence-electron chi connectivity index (χ4n) is 2.36. The first-order chi connectivity index (χ1) is 9.01. The Hall–Kier alpha value is -1.42. The lowest BCUT2D eigenvalue weighted by molar-refractivity contribution is 0.109. The molecule has 19 heavy (non-hydrogen) atoms. The van der Waals surface area contributed by atoms with E-state index in [2.05, 4.69) is 5.10 Å². The quantitative estimate of drug-likeness (QED) is 0.901. The van der Waals surface area contributed by atoms with Crippen LogP contribution in [0.2, 0.25) is 0 Å². The predicted molar refractivity (Wildman–Crippen MR) is 76.8 cm³/mol. The number of alkyl halides is 1. The SMILES string of the molecule is CCn1nc(CC(F)(CN)C(C)C)c2ccccc21. The van der Waals surface area contributed by atoms with Crippen molar-refractivity contribution in [3.8, 4) is 0 Å². The monoisotopic (exact) mass is 263 g/mol. The van der Waals surface area contributed by atoms with Crippen LogP contribution in [-0.4, -0.2) is 22.0 Å². The third kappa shape index (κ3) is 2.50. The van der Waals surface area contributed by atoms with Crippen LogP contribution in [0.4, 0.5) is 4.39 Å². The lowest BCUT2D eigenvalue weighted by Gasteiger charge is -2.27. The average Bonchev–Trinajstić information content (AvgIpc) is 2.76. The van der Waals surface area contributed by atoms with Gasteiger partial charge in [0.1, 0.15) is 5.67 Å². The maximum Gasteiger partial charge on any atom is 0.131 e. The maximum absolute atomic E-state index is 14.8. The van der Waals surface area contributed by atoms with Crippen molar-refractivity contribution in [2.45, 2.75) is 39.4 Å². The molecule has 0 spiro atoms. The largest absolute Gasteiger partial charge is 0.328 e. The zero-order valence-corrected chi connectivity index (χ0v) is 11.9. The zero-order valence-electron chi connectivity index (χ0n) is 11.9. The Labute approximate surface area is 113 Å². The summed E-state index contributed by atoms with van der Waals surface area (Å²) in [4.78, 5) is 0. The van der Waals surface area contributed by atoms with Crippen LogP contribution in [0.1, 0.15) is 26.5 Å². The molecule has 0 saturated heterocycles. The normalized spacial score (nSPS) is 15.1. The van der Waals surface area contributed by atoms with Crippen LogP contribution < -0.4 is 5.73 Å². The van der Waals surface area contributed by atoms with E-state index >= 15 is 0 Å². The van der Waals surface area contributed by atoms with Crippen LogP contribution >= 0.6 is 0 Å². The molecular formula is C15H22FN3. The first kappa shape index (κ1) is 14.0. The first-order valence-corrected chi connectivity index (χ1v) is 6.85. The Morgan fingerprint density at radius 2 is 2.05 bits per heavy atom. The Kier molecular flexibility index (Phi) is 3.90. The molecule has 0 aliphatic heterocycles. The number of nitrogens with two attached hydrogens (primary N) is 1. The van der Waals surface area contributed by atoms with E-state index in [0.29, 0.717) is 0 Å². The molecule has 0 aliphatic carbocycles. The second-order valence-corrected chi connectivity index (χ2v) is 5.35. The molecule has 1 atom stereocenters. The van der Waals surface area contributed by atoms with Crippen molar-refractivity contribution < 1.29 is 4.39 Å². The molecule has 0 bridgehead atoms. The molecule has 0 amide bonds. The molecule has 1 aromatic carbocycles. The van der Waals surface area contributed by atoms with Crippen LogP contribution in [0.15, 0.2) is 24.3 Å². The van der Waals surface area contributed by atoms with E-state index in [1.807, 2.05) is 49.7 Å². The minimum Gasteiger partial charge on any atom is -0.328 e. The molecule has 4 heteroatoms. The highest BCUT2D eigenvalue weighted by Crippen LogP contribution is 2.29. The summed E-state index contributed by atoms with van der Waals surface area (Å²) in [5.41, 5.74) is 6.10. The summed E-state index contributed by atoms with van der Waals surface area (Å²) in [7, 11) is 0. The van der Waals surface area contributed by atoms with E-state index in [9.17, 15) is 4.39 Å². The molecule has 1 aromatic heterocycles. The highest BCUT2D eigenvalue weighted by molar-refractivity contribution is 5.82. The summed E-state index contributed by atoms with van der Waals surface area (Å²) < 4.78 is 16.7. The van der Waals surface area contributed by atoms with Crippen molar-refractivity contribution in [2.24, 2.45) is 11.7 Å². The van der Waals surface area contributed by atoms with Gasteiger partial charge in [0, 0.05) is 24.9 Å². The Morgan fingerprint density at radius 1 is 1.37 bits per heavy atom. The smallest absolute Gasteiger partial charge is 0.131 e. The van der Waals surface area contributed by atoms with Gasteiger partial charge in [-0.2, -0.15) is 5.10 Å². The third-order valence-electron chi connectivity index (χ3n) is 3.87. The summed E-state index contributed by atoms with van der Waals surface area (Å²) in [6.45, 7) is 6.58. The Bertz CT molecular complexity index is 562. The Balaban J connectivity index is 2.46. The topological polar surface area (TPSA) is 43.8 Å². The minimum atomic E-state index is -1.39. The standard InChI is InChI=1S/C15H22FN3/c1-4-19-14-8-6-5-7-12(14)13(18-19)9-15(16,10-17)11(2)3/h5-8,11H,4,9-10,17H2,1-3H3. The molecule has 2 rings (SSSR count). The maximum atomic E-state index is 14.8. The number of aromatic nitrogens is 2. The van der Waals surface area contributed by atoms with Crippen molar-refractivity contribution in [3.63, 3.8) is 0 Å². The van der Waals surface area contributed by atoms with E-state index in [-0.39, 0.29) is 18.9 Å². The summed E-state index contributed by atoms with van der Waals surface area (Å²) in [6.07, 6.45) is 0.272. The fourth-order valence-corrected chi connectivity index (χ4v) is 2.36. The van der Waals surface area contributed by atoms with Gasteiger partial charge >= 0.3 is 0 Å². The number of nitrogens with zero attached hydrogens (tertiary/aromatic N) is 2. The molecule has 2 N–H and O–H groups in total. The van der Waals surface area contributed by atoms with Crippen LogP contribution in [0.5, 0.6) is 0 Å². The van der Waals surface area contributed by atoms with Crippen molar-refractivity contribution in [1.29, 1.82) is 0 Å². The van der Waals surface area contributed by atoms with Gasteiger partial charge in [0.05, 0.1) is 11.2 Å². The lowest BCUT2D eigenvalue weighted by atomic mass is 9.87. The van der Waals surface area contributed by atoms with Gasteiger partial charge in [-0.3, -0.25) is 4.68 Å². The van der Waals surface area contributed by atoms with Crippen molar-refractivity contribution >= 4 is 10.9 Å². The molecule has 3 nitrogen and oxygen atoms in total. The number of hydrogen-bond donors (Lipinski definition) is 1. The summed E-state index contributed by atoms with van der Waals surface area (Å²) in [6, 6.07) is 7.97. The van der Waals surface area contributed by atoms with Crippen LogP contribution in [0.25, 0.3) is 10.9 Å². The first-order valence-electron chi connectivity index (χ1n) is 6.85. The van der Waals surface area contributed by atoms with Gasteiger partial charge in [0.2, 0.25) is 0 Å². The van der Waals surface area contributed by atoms with Gasteiger partial charge in [-0.05, 0) is 18.9 Å².